The minimum atomic E-state index is -0.395. The lowest BCUT2D eigenvalue weighted by Crippen LogP contribution is -2.53. The molecule has 3 nitrogen and oxygen atoms in total. The van der Waals surface area contributed by atoms with Crippen molar-refractivity contribution in [2.24, 2.45) is 5.41 Å². The monoisotopic (exact) mass is 297 g/mol. The summed E-state index contributed by atoms with van der Waals surface area (Å²) in [5.41, 5.74) is 0.855. The first-order valence-electron chi connectivity index (χ1n) is 7.35. The SMILES string of the molecule is CCC[C@@]1(CO)CN(Cc2ccc(Cl)cc2)CC[C@@H]1O. The molecule has 1 aliphatic heterocycles. The fourth-order valence-electron chi connectivity index (χ4n) is 3.20. The Morgan fingerprint density at radius 2 is 2.05 bits per heavy atom. The van der Waals surface area contributed by atoms with E-state index in [0.717, 1.165) is 43.9 Å². The van der Waals surface area contributed by atoms with Crippen molar-refractivity contribution < 1.29 is 10.2 Å². The highest BCUT2D eigenvalue weighted by molar-refractivity contribution is 6.30. The minimum Gasteiger partial charge on any atom is -0.396 e. The lowest BCUT2D eigenvalue weighted by atomic mass is 9.74. The molecular weight excluding hydrogens is 274 g/mol. The normalized spacial score (nSPS) is 27.7. The maximum atomic E-state index is 10.3. The van der Waals surface area contributed by atoms with Gasteiger partial charge in [0.2, 0.25) is 0 Å². The maximum Gasteiger partial charge on any atom is 0.0642 e. The van der Waals surface area contributed by atoms with Gasteiger partial charge in [-0.3, -0.25) is 4.90 Å². The predicted octanol–water partition coefficient (Wildman–Crippen LogP) is 2.69. The van der Waals surface area contributed by atoms with Crippen molar-refractivity contribution in [2.45, 2.75) is 38.8 Å². The van der Waals surface area contributed by atoms with E-state index in [1.165, 1.54) is 5.56 Å². The van der Waals surface area contributed by atoms with Crippen molar-refractivity contribution in [3.8, 4) is 0 Å². The standard InChI is InChI=1S/C16H24ClNO2/c1-2-8-16(12-19)11-18(9-7-15(16)20)10-13-3-5-14(17)6-4-13/h3-6,15,19-20H,2,7-12H2,1H3/t15-,16-/m0/s1. The summed E-state index contributed by atoms with van der Waals surface area (Å²) in [7, 11) is 0. The van der Waals surface area contributed by atoms with Crippen LogP contribution in [0.5, 0.6) is 0 Å². The van der Waals surface area contributed by atoms with Crippen LogP contribution in [-0.4, -0.2) is 40.9 Å². The topological polar surface area (TPSA) is 43.7 Å². The number of hydrogen-bond acceptors (Lipinski definition) is 3. The van der Waals surface area contributed by atoms with Gasteiger partial charge in [0.05, 0.1) is 12.7 Å². The molecule has 0 aromatic heterocycles. The zero-order chi connectivity index (χ0) is 14.6. The molecule has 1 aromatic carbocycles. The molecule has 1 aromatic rings. The average Bonchev–Trinajstić information content (AvgIpc) is 2.45. The summed E-state index contributed by atoms with van der Waals surface area (Å²) in [5.74, 6) is 0. The minimum absolute atomic E-state index is 0.0547. The second kappa shape index (κ2) is 6.90. The highest BCUT2D eigenvalue weighted by atomic mass is 35.5. The van der Waals surface area contributed by atoms with Crippen LogP contribution < -0.4 is 0 Å². The van der Waals surface area contributed by atoms with Crippen molar-refractivity contribution in [2.75, 3.05) is 19.7 Å². The molecule has 0 radical (unpaired) electrons. The number of halogens is 1. The largest absolute Gasteiger partial charge is 0.396 e. The molecule has 1 saturated heterocycles. The molecule has 0 spiro atoms. The van der Waals surface area contributed by atoms with Gasteiger partial charge in [-0.2, -0.15) is 0 Å². The maximum absolute atomic E-state index is 10.3. The van der Waals surface area contributed by atoms with E-state index in [4.69, 9.17) is 11.6 Å². The number of rotatable bonds is 5. The number of aliphatic hydroxyl groups is 2. The third-order valence-corrected chi connectivity index (χ3v) is 4.60. The molecule has 2 N–H and O–H groups in total. The third-order valence-electron chi connectivity index (χ3n) is 4.35. The van der Waals surface area contributed by atoms with Gasteiger partial charge in [-0.05, 0) is 30.5 Å². The Balaban J connectivity index is 2.04. The van der Waals surface area contributed by atoms with E-state index in [-0.39, 0.29) is 12.0 Å². The van der Waals surface area contributed by atoms with Gasteiger partial charge in [0, 0.05) is 30.1 Å². The molecule has 1 aliphatic rings. The van der Waals surface area contributed by atoms with Crippen LogP contribution in [0.25, 0.3) is 0 Å². The highest BCUT2D eigenvalue weighted by Gasteiger charge is 2.41. The summed E-state index contributed by atoms with van der Waals surface area (Å²) in [6.07, 6.45) is 2.18. The molecule has 0 aliphatic carbocycles. The number of likely N-dealkylation sites (tertiary alicyclic amines) is 1. The van der Waals surface area contributed by atoms with Crippen LogP contribution in [0.3, 0.4) is 0 Å². The fraction of sp³-hybridized carbons (Fsp3) is 0.625. The van der Waals surface area contributed by atoms with Crippen LogP contribution >= 0.6 is 11.6 Å². The second-order valence-electron chi connectivity index (χ2n) is 5.91. The van der Waals surface area contributed by atoms with E-state index in [9.17, 15) is 10.2 Å². The van der Waals surface area contributed by atoms with E-state index < -0.39 is 6.10 Å². The summed E-state index contributed by atoms with van der Waals surface area (Å²) >= 11 is 5.90. The Bertz CT molecular complexity index is 423. The Hall–Kier alpha value is -0.610. The average molecular weight is 298 g/mol. The first-order chi connectivity index (χ1) is 9.59. The summed E-state index contributed by atoms with van der Waals surface area (Å²) < 4.78 is 0. The molecule has 2 rings (SSSR count). The van der Waals surface area contributed by atoms with Crippen LogP contribution in [0, 0.1) is 5.41 Å². The molecule has 0 saturated carbocycles. The molecule has 4 heteroatoms. The molecule has 2 atom stereocenters. The van der Waals surface area contributed by atoms with Gasteiger partial charge in [-0.25, -0.2) is 0 Å². The van der Waals surface area contributed by atoms with Gasteiger partial charge in [0.1, 0.15) is 0 Å². The van der Waals surface area contributed by atoms with Gasteiger partial charge in [-0.1, -0.05) is 37.1 Å². The van der Waals surface area contributed by atoms with Crippen molar-refractivity contribution in [1.29, 1.82) is 0 Å². The van der Waals surface area contributed by atoms with E-state index in [0.29, 0.717) is 0 Å². The molecule has 1 heterocycles. The Labute approximate surface area is 126 Å². The second-order valence-corrected chi connectivity index (χ2v) is 6.35. The fourth-order valence-corrected chi connectivity index (χ4v) is 3.33. The smallest absolute Gasteiger partial charge is 0.0642 e. The summed E-state index contributed by atoms with van der Waals surface area (Å²) in [6.45, 7) is 4.62. The Morgan fingerprint density at radius 3 is 2.65 bits per heavy atom. The molecule has 112 valence electrons. The number of piperidine rings is 1. The van der Waals surface area contributed by atoms with Crippen LogP contribution in [0.1, 0.15) is 31.7 Å². The molecule has 0 bridgehead atoms. The lowest BCUT2D eigenvalue weighted by Gasteiger charge is -2.45. The Kier molecular flexibility index (Phi) is 5.44. The van der Waals surface area contributed by atoms with Crippen LogP contribution in [0.15, 0.2) is 24.3 Å². The summed E-state index contributed by atoms with van der Waals surface area (Å²) in [5, 5.41) is 20.8. The van der Waals surface area contributed by atoms with Gasteiger partial charge in [-0.15, -0.1) is 0 Å². The van der Waals surface area contributed by atoms with Crippen LogP contribution in [-0.2, 0) is 6.54 Å². The Morgan fingerprint density at radius 1 is 1.35 bits per heavy atom. The molecule has 1 fully saturated rings. The van der Waals surface area contributed by atoms with E-state index in [1.54, 1.807) is 0 Å². The molecule has 0 amide bonds. The molecule has 20 heavy (non-hydrogen) atoms. The van der Waals surface area contributed by atoms with Crippen molar-refractivity contribution >= 4 is 11.6 Å². The van der Waals surface area contributed by atoms with Crippen LogP contribution in [0.2, 0.25) is 5.02 Å². The quantitative estimate of drug-likeness (QED) is 0.878. The van der Waals surface area contributed by atoms with Gasteiger partial charge >= 0.3 is 0 Å². The van der Waals surface area contributed by atoms with E-state index in [1.807, 2.05) is 24.3 Å². The molecular formula is C16H24ClNO2. The third kappa shape index (κ3) is 3.53. The number of aliphatic hydroxyl groups excluding tert-OH is 2. The van der Waals surface area contributed by atoms with Crippen molar-refractivity contribution in [1.82, 2.24) is 4.90 Å². The first kappa shape index (κ1) is 15.8. The highest BCUT2D eigenvalue weighted by Crippen LogP contribution is 2.35. The van der Waals surface area contributed by atoms with Gasteiger partial charge < -0.3 is 10.2 Å². The lowest BCUT2D eigenvalue weighted by molar-refractivity contribution is -0.0819. The van der Waals surface area contributed by atoms with Crippen molar-refractivity contribution in [3.63, 3.8) is 0 Å². The predicted molar refractivity (Wildman–Crippen MR) is 81.8 cm³/mol. The van der Waals surface area contributed by atoms with Gasteiger partial charge in [0.15, 0.2) is 0 Å². The number of nitrogens with zero attached hydrogens (tertiary/aromatic N) is 1. The van der Waals surface area contributed by atoms with Gasteiger partial charge in [0.25, 0.3) is 0 Å². The van der Waals surface area contributed by atoms with Crippen LogP contribution in [0.4, 0.5) is 0 Å². The van der Waals surface area contributed by atoms with E-state index in [2.05, 4.69) is 11.8 Å². The molecule has 0 unspecified atom stereocenters. The van der Waals surface area contributed by atoms with E-state index >= 15 is 0 Å². The zero-order valence-corrected chi connectivity index (χ0v) is 12.8. The number of benzene rings is 1. The van der Waals surface area contributed by atoms with Crippen molar-refractivity contribution in [3.05, 3.63) is 34.9 Å². The zero-order valence-electron chi connectivity index (χ0n) is 12.1. The summed E-state index contributed by atoms with van der Waals surface area (Å²) in [6, 6.07) is 7.88. The first-order valence-corrected chi connectivity index (χ1v) is 7.73. The number of hydrogen-bond donors (Lipinski definition) is 2. The summed E-state index contributed by atoms with van der Waals surface area (Å²) in [4.78, 5) is 2.32.